The number of halogens is 2. The number of fused-ring (bicyclic) bond motifs is 1. The number of carbonyl (C=O) groups excluding carboxylic acids is 1. The number of hydrogen-bond donors (Lipinski definition) is 0. The van der Waals surface area contributed by atoms with Crippen LogP contribution in [0.3, 0.4) is 0 Å². The second kappa shape index (κ2) is 8.03. The van der Waals surface area contributed by atoms with Crippen LogP contribution in [-0.2, 0) is 10.0 Å². The highest BCUT2D eigenvalue weighted by molar-refractivity contribution is 7.89. The number of piperazine rings is 1. The Labute approximate surface area is 182 Å². The summed E-state index contributed by atoms with van der Waals surface area (Å²) >= 11 is 11.8. The SMILES string of the molecule is O=C(c1cc(=O)c2ccccc2o1)N1CCN(S(=O)(=O)c2ccc(Cl)c(Cl)c2)CC1. The molecule has 0 unspecified atom stereocenters. The highest BCUT2D eigenvalue weighted by Gasteiger charge is 2.31. The van der Waals surface area contributed by atoms with E-state index in [1.807, 2.05) is 0 Å². The number of nitrogens with zero attached hydrogens (tertiary/aromatic N) is 2. The molecule has 1 aliphatic rings. The number of para-hydroxylation sites is 1. The van der Waals surface area contributed by atoms with E-state index in [0.29, 0.717) is 11.0 Å². The number of carbonyl (C=O) groups is 1. The molecule has 3 aromatic rings. The van der Waals surface area contributed by atoms with E-state index in [-0.39, 0.29) is 52.3 Å². The number of hydrogen-bond acceptors (Lipinski definition) is 5. The number of rotatable bonds is 3. The van der Waals surface area contributed by atoms with E-state index < -0.39 is 15.9 Å². The van der Waals surface area contributed by atoms with Crippen LogP contribution >= 0.6 is 23.2 Å². The second-order valence-corrected chi connectivity index (χ2v) is 9.50. The molecule has 10 heteroatoms. The Kier molecular flexibility index (Phi) is 5.59. The van der Waals surface area contributed by atoms with Gasteiger partial charge in [-0.25, -0.2) is 8.42 Å². The summed E-state index contributed by atoms with van der Waals surface area (Å²) in [5.41, 5.74) is 0.0233. The predicted molar refractivity (Wildman–Crippen MR) is 114 cm³/mol. The van der Waals surface area contributed by atoms with Crippen molar-refractivity contribution >= 4 is 50.1 Å². The quantitative estimate of drug-likeness (QED) is 0.590. The first-order valence-corrected chi connectivity index (χ1v) is 11.2. The summed E-state index contributed by atoms with van der Waals surface area (Å²) in [5.74, 6) is -0.524. The highest BCUT2D eigenvalue weighted by atomic mass is 35.5. The molecule has 1 aliphatic heterocycles. The lowest BCUT2D eigenvalue weighted by molar-refractivity contribution is 0.0666. The van der Waals surface area contributed by atoms with Crippen molar-refractivity contribution in [2.24, 2.45) is 0 Å². The van der Waals surface area contributed by atoms with E-state index in [2.05, 4.69) is 0 Å². The van der Waals surface area contributed by atoms with Crippen LogP contribution in [-0.4, -0.2) is 49.7 Å². The standard InChI is InChI=1S/C20H16Cl2N2O5S/c21-15-6-5-13(11-16(15)22)30(27,28)24-9-7-23(8-10-24)20(26)19-12-17(25)14-3-1-2-4-18(14)29-19/h1-6,11-12H,7-10H2. The van der Waals surface area contributed by atoms with Crippen LogP contribution in [0.1, 0.15) is 10.6 Å². The van der Waals surface area contributed by atoms with Gasteiger partial charge in [0.1, 0.15) is 5.58 Å². The van der Waals surface area contributed by atoms with Gasteiger partial charge in [0, 0.05) is 32.2 Å². The second-order valence-electron chi connectivity index (χ2n) is 6.74. The van der Waals surface area contributed by atoms with Crippen LogP contribution in [0.4, 0.5) is 0 Å². The molecule has 4 rings (SSSR count). The van der Waals surface area contributed by atoms with Crippen LogP contribution in [0.25, 0.3) is 11.0 Å². The molecule has 1 aromatic heterocycles. The van der Waals surface area contributed by atoms with Crippen LogP contribution in [0.5, 0.6) is 0 Å². The maximum atomic E-state index is 12.8. The number of benzene rings is 2. The molecular weight excluding hydrogens is 451 g/mol. The summed E-state index contributed by atoms with van der Waals surface area (Å²) in [6.45, 7) is 0.532. The molecule has 2 aromatic carbocycles. The molecule has 0 spiro atoms. The molecule has 0 bridgehead atoms. The fraction of sp³-hybridized carbons (Fsp3) is 0.200. The van der Waals surface area contributed by atoms with E-state index >= 15 is 0 Å². The molecule has 0 saturated carbocycles. The summed E-state index contributed by atoms with van der Waals surface area (Å²) in [7, 11) is -3.77. The first kappa shape index (κ1) is 20.9. The molecule has 0 aliphatic carbocycles. The zero-order valence-electron chi connectivity index (χ0n) is 15.5. The van der Waals surface area contributed by atoms with Crippen molar-refractivity contribution in [3.8, 4) is 0 Å². The molecule has 30 heavy (non-hydrogen) atoms. The molecule has 0 N–H and O–H groups in total. The lowest BCUT2D eigenvalue weighted by Crippen LogP contribution is -2.50. The topological polar surface area (TPSA) is 87.9 Å². The van der Waals surface area contributed by atoms with E-state index in [1.54, 1.807) is 24.3 Å². The summed E-state index contributed by atoms with van der Waals surface area (Å²) < 4.78 is 32.6. The van der Waals surface area contributed by atoms with Crippen molar-refractivity contribution in [3.05, 3.63) is 74.6 Å². The third-order valence-corrected chi connectivity index (χ3v) is 7.53. The third-order valence-electron chi connectivity index (χ3n) is 4.90. The van der Waals surface area contributed by atoms with Gasteiger partial charge >= 0.3 is 0 Å². The zero-order chi connectivity index (χ0) is 21.5. The Balaban J connectivity index is 1.51. The molecule has 0 atom stereocenters. The van der Waals surface area contributed by atoms with Crippen molar-refractivity contribution in [2.75, 3.05) is 26.2 Å². The minimum Gasteiger partial charge on any atom is -0.451 e. The van der Waals surface area contributed by atoms with Gasteiger partial charge in [0.15, 0.2) is 11.2 Å². The minimum atomic E-state index is -3.77. The van der Waals surface area contributed by atoms with Gasteiger partial charge in [0.2, 0.25) is 10.0 Å². The number of amides is 1. The first-order chi connectivity index (χ1) is 14.3. The normalized spacial score (nSPS) is 15.5. The molecule has 0 radical (unpaired) electrons. The first-order valence-electron chi connectivity index (χ1n) is 9.05. The lowest BCUT2D eigenvalue weighted by atomic mass is 10.2. The van der Waals surface area contributed by atoms with Crippen LogP contribution in [0.15, 0.2) is 62.6 Å². The van der Waals surface area contributed by atoms with Crippen molar-refractivity contribution in [1.29, 1.82) is 0 Å². The Morgan fingerprint density at radius 2 is 1.63 bits per heavy atom. The molecule has 2 heterocycles. The maximum absolute atomic E-state index is 12.8. The van der Waals surface area contributed by atoms with Gasteiger partial charge in [0.05, 0.1) is 20.3 Å². The molecule has 1 saturated heterocycles. The third kappa shape index (κ3) is 3.83. The van der Waals surface area contributed by atoms with Crippen molar-refractivity contribution < 1.29 is 17.6 Å². The zero-order valence-corrected chi connectivity index (χ0v) is 17.9. The van der Waals surface area contributed by atoms with Crippen molar-refractivity contribution in [1.82, 2.24) is 9.21 Å². The van der Waals surface area contributed by atoms with Gasteiger partial charge in [0.25, 0.3) is 5.91 Å². The van der Waals surface area contributed by atoms with Gasteiger partial charge in [-0.3, -0.25) is 9.59 Å². The fourth-order valence-corrected chi connectivity index (χ4v) is 5.09. The average molecular weight is 467 g/mol. The van der Waals surface area contributed by atoms with Crippen LogP contribution in [0, 0.1) is 0 Å². The maximum Gasteiger partial charge on any atom is 0.289 e. The van der Waals surface area contributed by atoms with Gasteiger partial charge in [-0.1, -0.05) is 35.3 Å². The van der Waals surface area contributed by atoms with Gasteiger partial charge in [-0.2, -0.15) is 4.31 Å². The van der Waals surface area contributed by atoms with Crippen LogP contribution in [0.2, 0.25) is 10.0 Å². The average Bonchev–Trinajstić information content (AvgIpc) is 2.75. The summed E-state index contributed by atoms with van der Waals surface area (Å²) in [6, 6.07) is 12.0. The van der Waals surface area contributed by atoms with Gasteiger partial charge in [-0.05, 0) is 30.3 Å². The Morgan fingerprint density at radius 3 is 2.33 bits per heavy atom. The summed E-state index contributed by atoms with van der Waals surface area (Å²) in [5, 5.41) is 0.812. The smallest absolute Gasteiger partial charge is 0.289 e. The lowest BCUT2D eigenvalue weighted by Gasteiger charge is -2.33. The van der Waals surface area contributed by atoms with Crippen LogP contribution < -0.4 is 5.43 Å². The molecule has 1 amide bonds. The largest absolute Gasteiger partial charge is 0.451 e. The Hall–Kier alpha value is -2.39. The number of sulfonamides is 1. The Bertz CT molecular complexity index is 1300. The van der Waals surface area contributed by atoms with E-state index in [0.717, 1.165) is 0 Å². The minimum absolute atomic E-state index is 0.0391. The Morgan fingerprint density at radius 1 is 0.933 bits per heavy atom. The molecule has 156 valence electrons. The monoisotopic (exact) mass is 466 g/mol. The fourth-order valence-electron chi connectivity index (χ4n) is 3.28. The highest BCUT2D eigenvalue weighted by Crippen LogP contribution is 2.27. The van der Waals surface area contributed by atoms with Crippen molar-refractivity contribution in [3.63, 3.8) is 0 Å². The summed E-state index contributed by atoms with van der Waals surface area (Å²) in [4.78, 5) is 26.5. The van der Waals surface area contributed by atoms with E-state index in [9.17, 15) is 18.0 Å². The van der Waals surface area contributed by atoms with Gasteiger partial charge < -0.3 is 9.32 Å². The van der Waals surface area contributed by atoms with Crippen molar-refractivity contribution in [2.45, 2.75) is 4.90 Å². The predicted octanol–water partition coefficient (Wildman–Crippen LogP) is 3.25. The van der Waals surface area contributed by atoms with E-state index in [4.69, 9.17) is 27.6 Å². The van der Waals surface area contributed by atoms with Gasteiger partial charge in [-0.15, -0.1) is 0 Å². The molecule has 1 fully saturated rings. The molecule has 7 nitrogen and oxygen atoms in total. The van der Waals surface area contributed by atoms with E-state index in [1.165, 1.54) is 33.5 Å². The summed E-state index contributed by atoms with van der Waals surface area (Å²) in [6.07, 6.45) is 0. The molecular formula is C20H16Cl2N2O5S.